The van der Waals surface area contributed by atoms with Crippen LogP contribution in [0.15, 0.2) is 12.2 Å². The van der Waals surface area contributed by atoms with Crippen molar-refractivity contribution in [3.63, 3.8) is 0 Å². The molecule has 9 nitrogen and oxygen atoms in total. The Hall–Kier alpha value is -2.42. The third-order valence-electron chi connectivity index (χ3n) is 4.04. The molecule has 3 amide bonds. The van der Waals surface area contributed by atoms with Crippen LogP contribution in [0, 0.1) is 5.92 Å². The first kappa shape index (κ1) is 21.6. The molecule has 0 aromatic heterocycles. The molecular formula is C17H28N4O5. The molecule has 0 aliphatic carbocycles. The van der Waals surface area contributed by atoms with E-state index in [2.05, 4.69) is 16.1 Å². The average Bonchev–Trinajstić information content (AvgIpc) is 2.58. The lowest BCUT2D eigenvalue weighted by Crippen LogP contribution is -2.60. The van der Waals surface area contributed by atoms with Crippen LogP contribution >= 0.6 is 0 Å². The first-order valence-electron chi connectivity index (χ1n) is 8.71. The summed E-state index contributed by atoms with van der Waals surface area (Å²) in [6.45, 7) is 7.17. The van der Waals surface area contributed by atoms with E-state index in [0.29, 0.717) is 19.4 Å². The third-order valence-corrected chi connectivity index (χ3v) is 4.04. The molecule has 146 valence electrons. The summed E-state index contributed by atoms with van der Waals surface area (Å²) in [7, 11) is 0. The van der Waals surface area contributed by atoms with Crippen LogP contribution in [0.1, 0.15) is 40.5 Å². The van der Waals surface area contributed by atoms with E-state index in [-0.39, 0.29) is 11.8 Å². The summed E-state index contributed by atoms with van der Waals surface area (Å²) < 4.78 is 0. The molecule has 1 rings (SSSR count). The molecule has 1 heterocycles. The van der Waals surface area contributed by atoms with Gasteiger partial charge in [0.2, 0.25) is 11.8 Å². The number of hydrogen-bond acceptors (Lipinski definition) is 5. The number of rotatable bonds is 7. The molecule has 1 aliphatic heterocycles. The highest BCUT2D eigenvalue weighted by atomic mass is 16.4. The minimum absolute atomic E-state index is 0.170. The van der Waals surface area contributed by atoms with Crippen LogP contribution in [0.4, 0.5) is 0 Å². The zero-order valence-electron chi connectivity index (χ0n) is 15.6. The molecule has 0 aromatic rings. The highest BCUT2D eigenvalue weighted by molar-refractivity contribution is 5.94. The second-order valence-electron chi connectivity index (χ2n) is 6.61. The van der Waals surface area contributed by atoms with Crippen molar-refractivity contribution >= 4 is 23.7 Å². The molecule has 1 saturated heterocycles. The van der Waals surface area contributed by atoms with Crippen molar-refractivity contribution in [2.45, 2.75) is 58.7 Å². The summed E-state index contributed by atoms with van der Waals surface area (Å²) in [5.74, 6) is -2.47. The number of allylic oxidation sites excluding steroid dienone is 1. The van der Waals surface area contributed by atoms with Crippen molar-refractivity contribution in [1.82, 2.24) is 21.1 Å². The van der Waals surface area contributed by atoms with Crippen LogP contribution in [-0.4, -0.2) is 58.5 Å². The second kappa shape index (κ2) is 9.91. The van der Waals surface area contributed by atoms with Crippen LogP contribution in [-0.2, 0) is 19.2 Å². The number of nitrogens with one attached hydrogen (secondary N) is 3. The SMILES string of the molecule is C/C=C/C(=O)NC(C(=O)N[C@@H](C)C(=O)N1CCC[C@@H](C(=O)O)N1)C(C)C. The van der Waals surface area contributed by atoms with Crippen LogP contribution in [0.25, 0.3) is 0 Å². The van der Waals surface area contributed by atoms with E-state index in [1.54, 1.807) is 26.8 Å². The molecule has 0 radical (unpaired) electrons. The van der Waals surface area contributed by atoms with Gasteiger partial charge in [-0.2, -0.15) is 0 Å². The van der Waals surface area contributed by atoms with Crippen LogP contribution in [0.3, 0.4) is 0 Å². The maximum Gasteiger partial charge on any atom is 0.322 e. The standard InChI is InChI=1S/C17H28N4O5/c1-5-7-13(22)19-14(10(2)3)15(23)18-11(4)16(24)21-9-6-8-12(20-21)17(25)26/h5,7,10-12,14,20H,6,8-9H2,1-4H3,(H,18,23)(H,19,22)(H,25,26)/b7-5+/t11-,12-,14?/m0/s1. The van der Waals surface area contributed by atoms with E-state index in [0.717, 1.165) is 0 Å². The third kappa shape index (κ3) is 6.14. The van der Waals surface area contributed by atoms with Crippen LogP contribution in [0.2, 0.25) is 0 Å². The van der Waals surface area contributed by atoms with Gasteiger partial charge in [0.05, 0.1) is 0 Å². The summed E-state index contributed by atoms with van der Waals surface area (Å²) in [5, 5.41) is 15.5. The lowest BCUT2D eigenvalue weighted by atomic mass is 10.0. The molecule has 1 fully saturated rings. The lowest BCUT2D eigenvalue weighted by molar-refractivity contribution is -0.148. The van der Waals surface area contributed by atoms with E-state index in [1.165, 1.54) is 18.0 Å². The Labute approximate surface area is 153 Å². The Morgan fingerprint density at radius 1 is 1.19 bits per heavy atom. The van der Waals surface area contributed by atoms with Crippen molar-refractivity contribution in [2.75, 3.05) is 6.54 Å². The summed E-state index contributed by atoms with van der Waals surface area (Å²) in [6.07, 6.45) is 3.88. The van der Waals surface area contributed by atoms with Gasteiger partial charge in [-0.15, -0.1) is 0 Å². The van der Waals surface area contributed by atoms with E-state index in [4.69, 9.17) is 5.11 Å². The maximum atomic E-state index is 12.5. The van der Waals surface area contributed by atoms with E-state index in [1.807, 2.05) is 0 Å². The number of hydrogen-bond donors (Lipinski definition) is 4. The Kier molecular flexibility index (Phi) is 8.24. The minimum atomic E-state index is -1.02. The van der Waals surface area contributed by atoms with Crippen molar-refractivity contribution in [1.29, 1.82) is 0 Å². The predicted molar refractivity (Wildman–Crippen MR) is 94.7 cm³/mol. The minimum Gasteiger partial charge on any atom is -0.480 e. The Bertz CT molecular complexity index is 576. The molecule has 3 atom stereocenters. The fraction of sp³-hybridized carbons (Fsp3) is 0.647. The van der Waals surface area contributed by atoms with Crippen LogP contribution in [0.5, 0.6) is 0 Å². The van der Waals surface area contributed by atoms with E-state index < -0.39 is 35.9 Å². The summed E-state index contributed by atoms with van der Waals surface area (Å²) in [4.78, 5) is 47.7. The molecule has 9 heteroatoms. The van der Waals surface area contributed by atoms with Crippen molar-refractivity contribution < 1.29 is 24.3 Å². The fourth-order valence-electron chi connectivity index (χ4n) is 2.61. The van der Waals surface area contributed by atoms with Gasteiger partial charge in [-0.05, 0) is 38.7 Å². The molecule has 0 bridgehead atoms. The average molecular weight is 368 g/mol. The topological polar surface area (TPSA) is 128 Å². The summed E-state index contributed by atoms with van der Waals surface area (Å²) in [6, 6.07) is -2.46. The number of hydrazine groups is 1. The van der Waals surface area contributed by atoms with Gasteiger partial charge in [0, 0.05) is 6.54 Å². The van der Waals surface area contributed by atoms with Gasteiger partial charge < -0.3 is 15.7 Å². The summed E-state index contributed by atoms with van der Waals surface area (Å²) in [5.41, 5.74) is 2.66. The molecule has 0 spiro atoms. The predicted octanol–water partition coefficient (Wildman–Crippen LogP) is -0.212. The molecule has 26 heavy (non-hydrogen) atoms. The van der Waals surface area contributed by atoms with Gasteiger partial charge in [0.1, 0.15) is 18.1 Å². The normalized spacial score (nSPS) is 19.9. The van der Waals surface area contributed by atoms with E-state index >= 15 is 0 Å². The Morgan fingerprint density at radius 2 is 1.85 bits per heavy atom. The molecule has 0 aromatic carbocycles. The second-order valence-corrected chi connectivity index (χ2v) is 6.61. The monoisotopic (exact) mass is 368 g/mol. The largest absolute Gasteiger partial charge is 0.480 e. The first-order chi connectivity index (χ1) is 12.2. The molecular weight excluding hydrogens is 340 g/mol. The highest BCUT2D eigenvalue weighted by Crippen LogP contribution is 2.09. The van der Waals surface area contributed by atoms with Gasteiger partial charge in [0.25, 0.3) is 5.91 Å². The summed E-state index contributed by atoms with van der Waals surface area (Å²) >= 11 is 0. The smallest absolute Gasteiger partial charge is 0.322 e. The van der Waals surface area contributed by atoms with Gasteiger partial charge in [0.15, 0.2) is 0 Å². The van der Waals surface area contributed by atoms with Gasteiger partial charge >= 0.3 is 5.97 Å². The Balaban J connectivity index is 2.69. The molecule has 4 N–H and O–H groups in total. The Morgan fingerprint density at radius 3 is 2.38 bits per heavy atom. The molecule has 0 saturated carbocycles. The van der Waals surface area contributed by atoms with Gasteiger partial charge in [-0.1, -0.05) is 19.9 Å². The van der Waals surface area contributed by atoms with Gasteiger partial charge in [-0.25, -0.2) is 5.43 Å². The van der Waals surface area contributed by atoms with Gasteiger partial charge in [-0.3, -0.25) is 24.2 Å². The van der Waals surface area contributed by atoms with Crippen molar-refractivity contribution in [3.8, 4) is 0 Å². The first-order valence-corrected chi connectivity index (χ1v) is 8.71. The number of carbonyl (C=O) groups excluding carboxylic acids is 3. The number of aliphatic carboxylic acids is 1. The van der Waals surface area contributed by atoms with Crippen LogP contribution < -0.4 is 16.1 Å². The fourth-order valence-corrected chi connectivity index (χ4v) is 2.61. The van der Waals surface area contributed by atoms with Crippen molar-refractivity contribution in [3.05, 3.63) is 12.2 Å². The highest BCUT2D eigenvalue weighted by Gasteiger charge is 2.32. The lowest BCUT2D eigenvalue weighted by Gasteiger charge is -2.34. The number of nitrogens with zero attached hydrogens (tertiary/aromatic N) is 1. The zero-order valence-corrected chi connectivity index (χ0v) is 15.6. The number of carboxylic acid groups (broad SMARTS) is 1. The number of carboxylic acids is 1. The molecule has 1 unspecified atom stereocenters. The van der Waals surface area contributed by atoms with E-state index in [9.17, 15) is 19.2 Å². The maximum absolute atomic E-state index is 12.5. The van der Waals surface area contributed by atoms with Crippen molar-refractivity contribution in [2.24, 2.45) is 5.92 Å². The zero-order chi connectivity index (χ0) is 19.9. The number of amides is 3. The number of carbonyl (C=O) groups is 4. The quantitative estimate of drug-likeness (QED) is 0.460. The molecule has 1 aliphatic rings.